The highest BCUT2D eigenvalue weighted by atomic mass is 16.5. The predicted molar refractivity (Wildman–Crippen MR) is 145 cm³/mol. The number of ether oxygens (including phenoxy) is 2. The van der Waals surface area contributed by atoms with Gasteiger partial charge in [0.2, 0.25) is 29.5 Å². The fourth-order valence-electron chi connectivity index (χ4n) is 4.67. The van der Waals surface area contributed by atoms with Crippen molar-refractivity contribution in [3.8, 4) is 0 Å². The Kier molecular flexibility index (Phi) is 12.1. The van der Waals surface area contributed by atoms with Gasteiger partial charge in [-0.2, -0.15) is 0 Å². The third-order valence-electron chi connectivity index (χ3n) is 6.84. The summed E-state index contributed by atoms with van der Waals surface area (Å²) in [5, 5.41) is 9.71. The van der Waals surface area contributed by atoms with E-state index in [1.54, 1.807) is 12.1 Å². The lowest BCUT2D eigenvalue weighted by molar-refractivity contribution is -0.142. The number of carbonyl (C=O) groups is 7. The SMILES string of the molecule is COC(=O)CNC(=O)C1CCCN1C(=O)CNC(=O)CNC(=O)C1CCCN1C(=O)CNC(=O)OCc1ccccc1. The lowest BCUT2D eigenvalue weighted by atomic mass is 10.2. The van der Waals surface area contributed by atoms with Crippen LogP contribution < -0.4 is 21.3 Å². The number of methoxy groups -OCH3 is 1. The largest absolute Gasteiger partial charge is 0.468 e. The molecule has 0 aliphatic carbocycles. The van der Waals surface area contributed by atoms with E-state index >= 15 is 0 Å². The van der Waals surface area contributed by atoms with Crippen LogP contribution in [0.5, 0.6) is 0 Å². The highest BCUT2D eigenvalue weighted by Crippen LogP contribution is 2.18. The van der Waals surface area contributed by atoms with Crippen LogP contribution in [0.1, 0.15) is 31.2 Å². The van der Waals surface area contributed by atoms with Crippen LogP contribution in [-0.2, 0) is 44.8 Å². The molecular weight excluding hydrogens is 552 g/mol. The molecule has 15 heteroatoms. The number of likely N-dealkylation sites (tertiary alicyclic amines) is 2. The monoisotopic (exact) mass is 588 g/mol. The van der Waals surface area contributed by atoms with Crippen molar-refractivity contribution in [1.29, 1.82) is 0 Å². The smallest absolute Gasteiger partial charge is 0.407 e. The molecule has 15 nitrogen and oxygen atoms in total. The first-order chi connectivity index (χ1) is 20.2. The summed E-state index contributed by atoms with van der Waals surface area (Å²) in [5.74, 6) is -3.20. The van der Waals surface area contributed by atoms with Crippen molar-refractivity contribution in [2.24, 2.45) is 0 Å². The minimum atomic E-state index is -0.803. The van der Waals surface area contributed by atoms with Gasteiger partial charge in [0, 0.05) is 13.1 Å². The Bertz CT molecular complexity index is 1160. The zero-order valence-electron chi connectivity index (χ0n) is 23.4. The molecule has 2 aliphatic rings. The van der Waals surface area contributed by atoms with Gasteiger partial charge >= 0.3 is 12.1 Å². The van der Waals surface area contributed by atoms with Gasteiger partial charge in [0.05, 0.1) is 20.2 Å². The van der Waals surface area contributed by atoms with Crippen molar-refractivity contribution >= 4 is 41.6 Å². The molecule has 0 bridgehead atoms. The number of nitrogens with zero attached hydrogens (tertiary/aromatic N) is 2. The minimum Gasteiger partial charge on any atom is -0.468 e. The van der Waals surface area contributed by atoms with Gasteiger partial charge < -0.3 is 40.5 Å². The third kappa shape index (κ3) is 9.45. The standard InChI is InChI=1S/C27H36N6O9/c1-41-24(37)16-30-26(39)20-10-6-11-32(20)22(35)14-28-21(34)13-29-25(38)19-9-5-12-33(19)23(36)15-31-27(40)42-17-18-7-3-2-4-8-18/h2-4,7-8,19-20H,5-6,9-17H2,1H3,(H,28,34)(H,29,38)(H,30,39)(H,31,40). The van der Waals surface area contributed by atoms with E-state index in [2.05, 4.69) is 26.0 Å². The summed E-state index contributed by atoms with van der Waals surface area (Å²) >= 11 is 0. The van der Waals surface area contributed by atoms with Crippen LogP contribution in [0.2, 0.25) is 0 Å². The average molecular weight is 589 g/mol. The Labute approximate surface area is 242 Å². The van der Waals surface area contributed by atoms with E-state index in [9.17, 15) is 33.6 Å². The molecule has 0 radical (unpaired) electrons. The minimum absolute atomic E-state index is 0.0499. The maximum atomic E-state index is 12.7. The van der Waals surface area contributed by atoms with Crippen LogP contribution in [0.4, 0.5) is 4.79 Å². The van der Waals surface area contributed by atoms with E-state index in [1.807, 2.05) is 18.2 Å². The van der Waals surface area contributed by atoms with Gasteiger partial charge in [-0.1, -0.05) is 30.3 Å². The van der Waals surface area contributed by atoms with E-state index in [4.69, 9.17) is 4.74 Å². The first kappa shape index (κ1) is 31.8. The number of nitrogens with one attached hydrogen (secondary N) is 4. The topological polar surface area (TPSA) is 193 Å². The van der Waals surface area contributed by atoms with Crippen molar-refractivity contribution in [2.45, 2.75) is 44.4 Å². The quantitative estimate of drug-likeness (QED) is 0.209. The van der Waals surface area contributed by atoms with Crippen molar-refractivity contribution in [1.82, 2.24) is 31.1 Å². The lowest BCUT2D eigenvalue weighted by Gasteiger charge is -2.24. The molecule has 42 heavy (non-hydrogen) atoms. The second-order valence-corrected chi connectivity index (χ2v) is 9.69. The normalized spacial score (nSPS) is 17.6. The number of esters is 1. The Hall–Kier alpha value is -4.69. The summed E-state index contributed by atoms with van der Waals surface area (Å²) in [6.45, 7) is -0.763. The Balaban J connectivity index is 1.36. The highest BCUT2D eigenvalue weighted by molar-refractivity contribution is 5.94. The molecule has 0 aromatic heterocycles. The van der Waals surface area contributed by atoms with Crippen LogP contribution in [-0.4, -0.2) is 110 Å². The third-order valence-corrected chi connectivity index (χ3v) is 6.84. The van der Waals surface area contributed by atoms with Crippen LogP contribution in [0, 0.1) is 0 Å². The maximum Gasteiger partial charge on any atom is 0.407 e. The molecule has 4 N–H and O–H groups in total. The number of hydrogen-bond acceptors (Lipinski definition) is 9. The highest BCUT2D eigenvalue weighted by Gasteiger charge is 2.35. The lowest BCUT2D eigenvalue weighted by Crippen LogP contribution is -2.52. The van der Waals surface area contributed by atoms with Crippen molar-refractivity contribution in [2.75, 3.05) is 46.4 Å². The number of rotatable bonds is 12. The summed E-state index contributed by atoms with van der Waals surface area (Å²) in [6, 6.07) is 7.49. The zero-order valence-corrected chi connectivity index (χ0v) is 23.4. The fourth-order valence-corrected chi connectivity index (χ4v) is 4.67. The fraction of sp³-hybridized carbons (Fsp3) is 0.519. The van der Waals surface area contributed by atoms with Gasteiger partial charge in [0.25, 0.3) is 0 Å². The average Bonchev–Trinajstić information content (AvgIpc) is 3.70. The van der Waals surface area contributed by atoms with E-state index in [-0.39, 0.29) is 26.2 Å². The van der Waals surface area contributed by atoms with Gasteiger partial charge in [-0.15, -0.1) is 0 Å². The van der Waals surface area contributed by atoms with Gasteiger partial charge in [0.15, 0.2) is 0 Å². The number of amides is 6. The molecule has 0 spiro atoms. The Morgan fingerprint density at radius 3 is 1.86 bits per heavy atom. The summed E-state index contributed by atoms with van der Waals surface area (Å²) in [4.78, 5) is 88.5. The van der Waals surface area contributed by atoms with Gasteiger partial charge in [0.1, 0.15) is 31.8 Å². The molecule has 2 atom stereocenters. The second kappa shape index (κ2) is 15.9. The second-order valence-electron chi connectivity index (χ2n) is 9.69. The molecular formula is C27H36N6O9. The predicted octanol–water partition coefficient (Wildman–Crippen LogP) is -1.58. The molecule has 2 heterocycles. The maximum absolute atomic E-state index is 12.7. The first-order valence-electron chi connectivity index (χ1n) is 13.6. The van der Waals surface area contributed by atoms with Gasteiger partial charge in [-0.3, -0.25) is 28.8 Å². The van der Waals surface area contributed by atoms with E-state index in [0.29, 0.717) is 38.8 Å². The van der Waals surface area contributed by atoms with Crippen molar-refractivity contribution < 1.29 is 43.0 Å². The Morgan fingerprint density at radius 2 is 1.29 bits per heavy atom. The molecule has 2 aliphatic heterocycles. The molecule has 1 aromatic carbocycles. The molecule has 228 valence electrons. The van der Waals surface area contributed by atoms with E-state index in [1.165, 1.54) is 16.9 Å². The van der Waals surface area contributed by atoms with Crippen LogP contribution in [0.15, 0.2) is 30.3 Å². The zero-order chi connectivity index (χ0) is 30.5. The van der Waals surface area contributed by atoms with Gasteiger partial charge in [-0.05, 0) is 31.2 Å². The number of benzene rings is 1. The van der Waals surface area contributed by atoms with E-state index in [0.717, 1.165) is 5.56 Å². The van der Waals surface area contributed by atoms with Crippen LogP contribution in [0.3, 0.4) is 0 Å². The number of carbonyl (C=O) groups excluding carboxylic acids is 7. The molecule has 2 saturated heterocycles. The summed E-state index contributed by atoms with van der Waals surface area (Å²) in [7, 11) is 1.20. The molecule has 2 unspecified atom stereocenters. The summed E-state index contributed by atoms with van der Waals surface area (Å²) < 4.78 is 9.57. The number of alkyl carbamates (subject to hydrolysis) is 1. The molecule has 0 saturated carbocycles. The molecule has 1 aromatic rings. The van der Waals surface area contributed by atoms with E-state index < -0.39 is 60.2 Å². The van der Waals surface area contributed by atoms with Crippen molar-refractivity contribution in [3.63, 3.8) is 0 Å². The molecule has 3 rings (SSSR count). The summed E-state index contributed by atoms with van der Waals surface area (Å²) in [5.41, 5.74) is 0.795. The summed E-state index contributed by atoms with van der Waals surface area (Å²) in [6.07, 6.45) is 1.22. The van der Waals surface area contributed by atoms with Crippen LogP contribution in [0.25, 0.3) is 0 Å². The van der Waals surface area contributed by atoms with Crippen molar-refractivity contribution in [3.05, 3.63) is 35.9 Å². The molecule has 2 fully saturated rings. The Morgan fingerprint density at radius 1 is 0.738 bits per heavy atom. The first-order valence-corrected chi connectivity index (χ1v) is 13.6. The van der Waals surface area contributed by atoms with Gasteiger partial charge in [-0.25, -0.2) is 4.79 Å². The number of hydrogen-bond donors (Lipinski definition) is 4. The van der Waals surface area contributed by atoms with Crippen LogP contribution >= 0.6 is 0 Å². The molecule has 6 amide bonds.